The van der Waals surface area contributed by atoms with Crippen molar-refractivity contribution in [3.05, 3.63) is 95.0 Å². The highest BCUT2D eigenvalue weighted by Crippen LogP contribution is 2.29. The summed E-state index contributed by atoms with van der Waals surface area (Å²) in [5.74, 6) is -0.0873. The van der Waals surface area contributed by atoms with Gasteiger partial charge in [-0.25, -0.2) is 0 Å². The molecule has 0 aliphatic rings. The predicted molar refractivity (Wildman–Crippen MR) is 108 cm³/mol. The first-order valence-corrected chi connectivity index (χ1v) is 9.26. The molecule has 4 heteroatoms. The molecular formula is C22H20BrNO2. The molecule has 3 nitrogen and oxygen atoms in total. The van der Waals surface area contributed by atoms with Crippen LogP contribution in [0.3, 0.4) is 0 Å². The highest BCUT2D eigenvalue weighted by Gasteiger charge is 2.27. The molecule has 0 aromatic heterocycles. The van der Waals surface area contributed by atoms with E-state index >= 15 is 0 Å². The van der Waals surface area contributed by atoms with Crippen molar-refractivity contribution in [3.63, 3.8) is 0 Å². The van der Waals surface area contributed by atoms with E-state index in [9.17, 15) is 4.79 Å². The molecule has 132 valence electrons. The Labute approximate surface area is 162 Å². The van der Waals surface area contributed by atoms with Crippen LogP contribution in [0.5, 0.6) is 5.75 Å². The number of hydrogen-bond acceptors (Lipinski definition) is 3. The van der Waals surface area contributed by atoms with E-state index in [1.807, 2.05) is 79.7 Å². The largest absolute Gasteiger partial charge is 0.426 e. The molecule has 26 heavy (non-hydrogen) atoms. The van der Waals surface area contributed by atoms with Gasteiger partial charge in [0, 0.05) is 10.2 Å². The summed E-state index contributed by atoms with van der Waals surface area (Å²) < 4.78 is 6.56. The zero-order chi connectivity index (χ0) is 18.4. The quantitative estimate of drug-likeness (QED) is 0.410. The number of hydrogen-bond donors (Lipinski definition) is 1. The Morgan fingerprint density at radius 3 is 2.08 bits per heavy atom. The summed E-state index contributed by atoms with van der Waals surface area (Å²) in [6.07, 6.45) is 0. The molecule has 0 saturated heterocycles. The Kier molecular flexibility index (Phi) is 6.08. The fourth-order valence-corrected chi connectivity index (χ4v) is 2.98. The summed E-state index contributed by atoms with van der Waals surface area (Å²) >= 11 is 3.44. The number of rotatable bonds is 6. The molecule has 3 aromatic rings. The molecule has 0 aliphatic carbocycles. The van der Waals surface area contributed by atoms with Gasteiger partial charge in [0.25, 0.3) is 0 Å². The summed E-state index contributed by atoms with van der Waals surface area (Å²) in [6, 6.07) is 26.8. The number of carbonyl (C=O) groups is 1. The Bertz CT molecular complexity index is 835. The third-order valence-electron chi connectivity index (χ3n) is 4.16. The summed E-state index contributed by atoms with van der Waals surface area (Å²) in [4.78, 5) is 12.7. The van der Waals surface area contributed by atoms with Crippen LogP contribution in [0.25, 0.3) is 0 Å². The molecule has 0 saturated carbocycles. The summed E-state index contributed by atoms with van der Waals surface area (Å²) in [7, 11) is 0. The maximum absolute atomic E-state index is 12.7. The smallest absolute Gasteiger partial charge is 0.316 e. The number of carbonyl (C=O) groups excluding carboxylic acids is 1. The van der Waals surface area contributed by atoms with Crippen LogP contribution in [0.1, 0.15) is 18.5 Å². The lowest BCUT2D eigenvalue weighted by molar-refractivity contribution is -0.138. The zero-order valence-corrected chi connectivity index (χ0v) is 16.0. The summed E-state index contributed by atoms with van der Waals surface area (Å²) in [6.45, 7) is 1.88. The van der Waals surface area contributed by atoms with E-state index in [0.717, 1.165) is 15.7 Å². The van der Waals surface area contributed by atoms with Crippen LogP contribution in [0.4, 0.5) is 5.69 Å². The number of ether oxygens (including phenoxy) is 1. The SMILES string of the molecule is C[C@@H](C(=O)Oc1ccccc1)[C@@H](Nc1ccc(Br)cc1)c1ccccc1. The van der Waals surface area contributed by atoms with E-state index in [0.29, 0.717) is 5.75 Å². The Balaban J connectivity index is 1.82. The molecule has 0 fully saturated rings. The van der Waals surface area contributed by atoms with Gasteiger partial charge in [-0.3, -0.25) is 4.79 Å². The van der Waals surface area contributed by atoms with E-state index in [1.54, 1.807) is 12.1 Å². The molecule has 0 spiro atoms. The number of benzene rings is 3. The highest BCUT2D eigenvalue weighted by atomic mass is 79.9. The van der Waals surface area contributed by atoms with Gasteiger partial charge in [-0.1, -0.05) is 64.5 Å². The molecular weight excluding hydrogens is 390 g/mol. The first kappa shape index (κ1) is 18.2. The number of halogens is 1. The molecule has 0 unspecified atom stereocenters. The van der Waals surface area contributed by atoms with Crippen molar-refractivity contribution < 1.29 is 9.53 Å². The molecule has 2 atom stereocenters. The standard InChI is InChI=1S/C22H20BrNO2/c1-16(22(25)26-20-10-6-3-7-11-20)21(17-8-4-2-5-9-17)24-19-14-12-18(23)13-15-19/h2-16,21,24H,1H3/t16-,21-/m1/s1. The second-order valence-electron chi connectivity index (χ2n) is 6.06. The van der Waals surface area contributed by atoms with Crippen LogP contribution in [-0.2, 0) is 4.79 Å². The van der Waals surface area contributed by atoms with Crippen LogP contribution >= 0.6 is 15.9 Å². The van der Waals surface area contributed by atoms with Crippen molar-refractivity contribution in [1.29, 1.82) is 0 Å². The fraction of sp³-hybridized carbons (Fsp3) is 0.136. The van der Waals surface area contributed by atoms with Crippen molar-refractivity contribution in [2.24, 2.45) is 5.92 Å². The fourth-order valence-electron chi connectivity index (χ4n) is 2.72. The molecule has 0 heterocycles. The Morgan fingerprint density at radius 1 is 0.885 bits per heavy atom. The van der Waals surface area contributed by atoms with Gasteiger partial charge in [0.1, 0.15) is 5.75 Å². The third kappa shape index (κ3) is 4.73. The third-order valence-corrected chi connectivity index (χ3v) is 4.69. The van der Waals surface area contributed by atoms with E-state index in [-0.39, 0.29) is 17.9 Å². The van der Waals surface area contributed by atoms with E-state index in [2.05, 4.69) is 21.2 Å². The molecule has 3 rings (SSSR count). The minimum atomic E-state index is -0.374. The average Bonchev–Trinajstić information content (AvgIpc) is 2.68. The second-order valence-corrected chi connectivity index (χ2v) is 6.98. The number of esters is 1. The maximum Gasteiger partial charge on any atom is 0.316 e. The van der Waals surface area contributed by atoms with E-state index in [1.165, 1.54) is 0 Å². The molecule has 1 N–H and O–H groups in total. The summed E-state index contributed by atoms with van der Waals surface area (Å²) in [5, 5.41) is 3.47. The zero-order valence-electron chi connectivity index (χ0n) is 14.4. The normalized spacial score (nSPS) is 12.8. The lowest BCUT2D eigenvalue weighted by Gasteiger charge is -2.25. The van der Waals surface area contributed by atoms with Crippen LogP contribution in [-0.4, -0.2) is 5.97 Å². The van der Waals surface area contributed by atoms with Gasteiger partial charge in [0.15, 0.2) is 0 Å². The lowest BCUT2D eigenvalue weighted by atomic mass is 9.94. The van der Waals surface area contributed by atoms with Crippen LogP contribution in [0.15, 0.2) is 89.4 Å². The van der Waals surface area contributed by atoms with Crippen molar-refractivity contribution in [1.82, 2.24) is 0 Å². The van der Waals surface area contributed by atoms with Crippen LogP contribution in [0, 0.1) is 5.92 Å². The monoisotopic (exact) mass is 409 g/mol. The molecule has 0 radical (unpaired) electrons. The lowest BCUT2D eigenvalue weighted by Crippen LogP contribution is -2.28. The second kappa shape index (κ2) is 8.68. The number of nitrogens with one attached hydrogen (secondary N) is 1. The average molecular weight is 410 g/mol. The van der Waals surface area contributed by atoms with Gasteiger partial charge in [-0.05, 0) is 48.9 Å². The van der Waals surface area contributed by atoms with Crippen molar-refractivity contribution in [2.45, 2.75) is 13.0 Å². The van der Waals surface area contributed by atoms with Gasteiger partial charge >= 0.3 is 5.97 Å². The van der Waals surface area contributed by atoms with Crippen molar-refractivity contribution >= 4 is 27.6 Å². The molecule has 0 bridgehead atoms. The number of para-hydroxylation sites is 1. The predicted octanol–water partition coefficient (Wildman–Crippen LogP) is 5.84. The molecule has 3 aromatic carbocycles. The summed E-state index contributed by atoms with van der Waals surface area (Å²) in [5.41, 5.74) is 1.98. The van der Waals surface area contributed by atoms with Crippen molar-refractivity contribution in [2.75, 3.05) is 5.32 Å². The van der Waals surface area contributed by atoms with Gasteiger partial charge < -0.3 is 10.1 Å². The highest BCUT2D eigenvalue weighted by molar-refractivity contribution is 9.10. The minimum absolute atomic E-state index is 0.200. The Morgan fingerprint density at radius 2 is 1.46 bits per heavy atom. The van der Waals surface area contributed by atoms with Gasteiger partial charge in [0.2, 0.25) is 0 Å². The topological polar surface area (TPSA) is 38.3 Å². The van der Waals surface area contributed by atoms with Crippen LogP contribution < -0.4 is 10.1 Å². The van der Waals surface area contributed by atoms with Gasteiger partial charge in [0.05, 0.1) is 12.0 Å². The first-order chi connectivity index (χ1) is 12.6. The molecule has 0 amide bonds. The minimum Gasteiger partial charge on any atom is -0.426 e. The Hall–Kier alpha value is -2.59. The van der Waals surface area contributed by atoms with E-state index < -0.39 is 0 Å². The number of anilines is 1. The van der Waals surface area contributed by atoms with Gasteiger partial charge in [-0.15, -0.1) is 0 Å². The van der Waals surface area contributed by atoms with Gasteiger partial charge in [-0.2, -0.15) is 0 Å². The van der Waals surface area contributed by atoms with Crippen molar-refractivity contribution in [3.8, 4) is 5.75 Å². The van der Waals surface area contributed by atoms with E-state index in [4.69, 9.17) is 4.74 Å². The molecule has 0 aliphatic heterocycles. The van der Waals surface area contributed by atoms with Crippen LogP contribution in [0.2, 0.25) is 0 Å². The first-order valence-electron chi connectivity index (χ1n) is 8.47. The maximum atomic E-state index is 12.7.